The molecule has 3 N–H and O–H groups in total. The van der Waals surface area contributed by atoms with Gasteiger partial charge in [-0.3, -0.25) is 14.4 Å². The van der Waals surface area contributed by atoms with Crippen molar-refractivity contribution in [3.63, 3.8) is 0 Å². The fraction of sp³-hybridized carbons (Fsp3) is 0.192. The molecule has 0 aliphatic heterocycles. The molecular formula is C26H27N3O5. The Balaban J connectivity index is 1.37. The highest BCUT2D eigenvalue weighted by Gasteiger charge is 2.08. The molecule has 0 atom stereocenters. The molecule has 0 radical (unpaired) electrons. The monoisotopic (exact) mass is 461 g/mol. The molecule has 0 saturated carbocycles. The van der Waals surface area contributed by atoms with Crippen LogP contribution in [0.2, 0.25) is 0 Å². The molecule has 0 saturated heterocycles. The zero-order valence-corrected chi connectivity index (χ0v) is 18.9. The number of anilines is 1. The van der Waals surface area contributed by atoms with Crippen molar-refractivity contribution in [3.05, 3.63) is 90.0 Å². The normalized spacial score (nSPS) is 10.1. The zero-order chi connectivity index (χ0) is 24.2. The van der Waals surface area contributed by atoms with Crippen molar-refractivity contribution in [2.45, 2.75) is 6.92 Å². The summed E-state index contributed by atoms with van der Waals surface area (Å²) in [6, 6.07) is 22.4. The van der Waals surface area contributed by atoms with Crippen molar-refractivity contribution in [1.82, 2.24) is 10.6 Å². The first-order valence-corrected chi connectivity index (χ1v) is 10.9. The third-order valence-corrected chi connectivity index (χ3v) is 4.67. The fourth-order valence-corrected chi connectivity index (χ4v) is 3.00. The molecule has 3 amide bonds. The van der Waals surface area contributed by atoms with E-state index in [4.69, 9.17) is 9.47 Å². The number of nitrogens with one attached hydrogen (secondary N) is 3. The topological polar surface area (TPSA) is 106 Å². The molecule has 3 aromatic carbocycles. The van der Waals surface area contributed by atoms with Gasteiger partial charge in [0, 0.05) is 29.9 Å². The standard InChI is InChI=1S/C26H27N3O5/c1-2-33-22-12-14-23(15-13-22)34-18-24(30)29-21-10-8-20(9-11-21)26(32)28-17-16-27-25(31)19-6-4-3-5-7-19/h3-15H,2,16-18H2,1H3,(H,27,31)(H,28,32)(H,29,30). The predicted molar refractivity (Wildman–Crippen MR) is 129 cm³/mol. The van der Waals surface area contributed by atoms with E-state index in [1.165, 1.54) is 0 Å². The SMILES string of the molecule is CCOc1ccc(OCC(=O)Nc2ccc(C(=O)NCCNC(=O)c3ccccc3)cc2)cc1. The second-order valence-corrected chi connectivity index (χ2v) is 7.20. The van der Waals surface area contributed by atoms with E-state index in [2.05, 4.69) is 16.0 Å². The Morgan fingerprint density at radius 2 is 1.21 bits per heavy atom. The van der Waals surface area contributed by atoms with E-state index >= 15 is 0 Å². The van der Waals surface area contributed by atoms with E-state index < -0.39 is 0 Å². The van der Waals surface area contributed by atoms with Crippen LogP contribution in [0.3, 0.4) is 0 Å². The largest absolute Gasteiger partial charge is 0.494 e. The Kier molecular flexibility index (Phi) is 9.04. The molecule has 0 spiro atoms. The Morgan fingerprint density at radius 1 is 0.676 bits per heavy atom. The lowest BCUT2D eigenvalue weighted by Crippen LogP contribution is -2.34. The minimum atomic E-state index is -0.319. The average molecular weight is 462 g/mol. The van der Waals surface area contributed by atoms with Crippen LogP contribution in [0.25, 0.3) is 0 Å². The lowest BCUT2D eigenvalue weighted by atomic mass is 10.2. The Labute approximate surface area is 198 Å². The van der Waals surface area contributed by atoms with Gasteiger partial charge in [-0.25, -0.2) is 0 Å². The highest BCUT2D eigenvalue weighted by molar-refractivity contribution is 5.96. The number of ether oxygens (including phenoxy) is 2. The van der Waals surface area contributed by atoms with Gasteiger partial charge in [-0.15, -0.1) is 0 Å². The molecule has 34 heavy (non-hydrogen) atoms. The summed E-state index contributed by atoms with van der Waals surface area (Å²) in [5, 5.41) is 8.22. The number of carbonyl (C=O) groups is 3. The summed E-state index contributed by atoms with van der Waals surface area (Å²) in [4.78, 5) is 36.4. The maximum Gasteiger partial charge on any atom is 0.262 e. The van der Waals surface area contributed by atoms with E-state index in [1.807, 2.05) is 13.0 Å². The first kappa shape index (κ1) is 24.3. The minimum absolute atomic E-state index is 0.148. The molecule has 0 heterocycles. The van der Waals surface area contributed by atoms with Gasteiger partial charge in [0.15, 0.2) is 6.61 Å². The van der Waals surface area contributed by atoms with Crippen LogP contribution in [0.1, 0.15) is 27.6 Å². The highest BCUT2D eigenvalue weighted by atomic mass is 16.5. The summed E-state index contributed by atoms with van der Waals surface area (Å²) in [6.07, 6.45) is 0. The summed E-state index contributed by atoms with van der Waals surface area (Å²) in [6.45, 7) is 2.93. The van der Waals surface area contributed by atoms with Crippen LogP contribution in [0.5, 0.6) is 11.5 Å². The van der Waals surface area contributed by atoms with E-state index in [0.717, 1.165) is 5.75 Å². The highest BCUT2D eigenvalue weighted by Crippen LogP contribution is 2.17. The molecule has 8 nitrogen and oxygen atoms in total. The van der Waals surface area contributed by atoms with Gasteiger partial charge in [0.05, 0.1) is 6.61 Å². The van der Waals surface area contributed by atoms with Gasteiger partial charge in [-0.2, -0.15) is 0 Å². The van der Waals surface area contributed by atoms with Crippen molar-refractivity contribution in [3.8, 4) is 11.5 Å². The van der Waals surface area contributed by atoms with E-state index in [-0.39, 0.29) is 24.3 Å². The molecule has 0 fully saturated rings. The third kappa shape index (κ3) is 7.67. The van der Waals surface area contributed by atoms with E-state index in [1.54, 1.807) is 72.8 Å². The van der Waals surface area contributed by atoms with Gasteiger partial charge in [0.25, 0.3) is 17.7 Å². The Bertz CT molecular complexity index is 1080. The molecule has 176 valence electrons. The Hall–Kier alpha value is -4.33. The number of hydrogen-bond donors (Lipinski definition) is 3. The number of amides is 3. The van der Waals surface area contributed by atoms with Crippen molar-refractivity contribution >= 4 is 23.4 Å². The maximum absolute atomic E-state index is 12.3. The second-order valence-electron chi connectivity index (χ2n) is 7.20. The van der Waals surface area contributed by atoms with Gasteiger partial charge in [-0.05, 0) is 67.6 Å². The van der Waals surface area contributed by atoms with Crippen molar-refractivity contribution in [2.75, 3.05) is 31.6 Å². The minimum Gasteiger partial charge on any atom is -0.494 e. The van der Waals surface area contributed by atoms with Crippen molar-refractivity contribution in [2.24, 2.45) is 0 Å². The van der Waals surface area contributed by atoms with Crippen molar-refractivity contribution in [1.29, 1.82) is 0 Å². The summed E-state index contributed by atoms with van der Waals surface area (Å²) in [5.41, 5.74) is 1.56. The van der Waals surface area contributed by atoms with Crippen LogP contribution in [0, 0.1) is 0 Å². The fourth-order valence-electron chi connectivity index (χ4n) is 3.00. The van der Waals surface area contributed by atoms with Crippen LogP contribution in [-0.4, -0.2) is 44.0 Å². The first-order valence-electron chi connectivity index (χ1n) is 10.9. The van der Waals surface area contributed by atoms with Gasteiger partial charge in [0.2, 0.25) is 0 Å². The first-order chi connectivity index (χ1) is 16.5. The molecule has 0 unspecified atom stereocenters. The summed E-state index contributed by atoms with van der Waals surface area (Å²) >= 11 is 0. The lowest BCUT2D eigenvalue weighted by Gasteiger charge is -2.10. The van der Waals surface area contributed by atoms with Crippen LogP contribution < -0.4 is 25.4 Å². The van der Waals surface area contributed by atoms with Crippen LogP contribution >= 0.6 is 0 Å². The van der Waals surface area contributed by atoms with E-state index in [9.17, 15) is 14.4 Å². The molecule has 3 rings (SSSR count). The van der Waals surface area contributed by atoms with Gasteiger partial charge < -0.3 is 25.4 Å². The van der Waals surface area contributed by atoms with Crippen LogP contribution in [0.4, 0.5) is 5.69 Å². The summed E-state index contributed by atoms with van der Waals surface area (Å²) < 4.78 is 10.8. The number of hydrogen-bond acceptors (Lipinski definition) is 5. The number of rotatable bonds is 11. The third-order valence-electron chi connectivity index (χ3n) is 4.67. The summed E-state index contributed by atoms with van der Waals surface area (Å²) in [5.74, 6) is 0.512. The molecule has 0 aliphatic carbocycles. The quantitative estimate of drug-likeness (QED) is 0.380. The Morgan fingerprint density at radius 3 is 1.76 bits per heavy atom. The number of carbonyl (C=O) groups excluding carboxylic acids is 3. The van der Waals surface area contributed by atoms with Crippen molar-refractivity contribution < 1.29 is 23.9 Å². The average Bonchev–Trinajstić information content (AvgIpc) is 2.87. The predicted octanol–water partition coefficient (Wildman–Crippen LogP) is 3.26. The van der Waals surface area contributed by atoms with Gasteiger partial charge in [0.1, 0.15) is 11.5 Å². The molecule has 8 heteroatoms. The smallest absolute Gasteiger partial charge is 0.262 e. The lowest BCUT2D eigenvalue weighted by molar-refractivity contribution is -0.118. The number of benzene rings is 3. The zero-order valence-electron chi connectivity index (χ0n) is 18.9. The van der Waals surface area contributed by atoms with Gasteiger partial charge in [-0.1, -0.05) is 18.2 Å². The van der Waals surface area contributed by atoms with Crippen LogP contribution in [-0.2, 0) is 4.79 Å². The molecule has 0 aliphatic rings. The molecule has 3 aromatic rings. The van der Waals surface area contributed by atoms with Crippen LogP contribution in [0.15, 0.2) is 78.9 Å². The summed E-state index contributed by atoms with van der Waals surface area (Å²) in [7, 11) is 0. The molecule has 0 bridgehead atoms. The molecule has 0 aromatic heterocycles. The maximum atomic E-state index is 12.3. The second kappa shape index (κ2) is 12.6. The molecular weight excluding hydrogens is 434 g/mol. The van der Waals surface area contributed by atoms with Gasteiger partial charge >= 0.3 is 0 Å². The van der Waals surface area contributed by atoms with E-state index in [0.29, 0.717) is 42.3 Å².